The van der Waals surface area contributed by atoms with Gasteiger partial charge in [0, 0.05) is 30.3 Å². The van der Waals surface area contributed by atoms with E-state index in [1.165, 1.54) is 0 Å². The number of amides is 1. The molecule has 2 heterocycles. The van der Waals surface area contributed by atoms with E-state index in [1.807, 2.05) is 60.0 Å². The summed E-state index contributed by atoms with van der Waals surface area (Å²) in [4.78, 5) is 15.0. The molecule has 29 heavy (non-hydrogen) atoms. The van der Waals surface area contributed by atoms with Gasteiger partial charge in [0.2, 0.25) is 0 Å². The minimum absolute atomic E-state index is 0.197. The molecule has 0 fully saturated rings. The maximum atomic E-state index is 12.4. The molecule has 5 nitrogen and oxygen atoms in total. The molecule has 2 aromatic carbocycles. The SMILES string of the molecule is CN(CCC(Oc1cccc2ccoc12)c1cccs1)C(=O)Oc1ccccc1. The first-order valence-corrected chi connectivity index (χ1v) is 10.2. The zero-order chi connectivity index (χ0) is 20.1. The van der Waals surface area contributed by atoms with E-state index >= 15 is 0 Å². The number of hydrogen-bond acceptors (Lipinski definition) is 5. The van der Waals surface area contributed by atoms with Crippen molar-refractivity contribution in [3.8, 4) is 11.5 Å². The lowest BCUT2D eigenvalue weighted by molar-refractivity contribution is 0.146. The van der Waals surface area contributed by atoms with Crippen LogP contribution in [0.5, 0.6) is 11.5 Å². The highest BCUT2D eigenvalue weighted by Crippen LogP contribution is 2.33. The van der Waals surface area contributed by atoms with Crippen molar-refractivity contribution in [2.24, 2.45) is 0 Å². The summed E-state index contributed by atoms with van der Waals surface area (Å²) in [7, 11) is 1.73. The van der Waals surface area contributed by atoms with E-state index in [0.717, 1.165) is 15.8 Å². The maximum absolute atomic E-state index is 12.4. The first kappa shape index (κ1) is 19.1. The van der Waals surface area contributed by atoms with Crippen LogP contribution in [0, 0.1) is 0 Å². The fourth-order valence-corrected chi connectivity index (χ4v) is 3.80. The second-order valence-electron chi connectivity index (χ2n) is 6.61. The van der Waals surface area contributed by atoms with Gasteiger partial charge in [0.05, 0.1) is 6.26 Å². The lowest BCUT2D eigenvalue weighted by Crippen LogP contribution is -2.31. The maximum Gasteiger partial charge on any atom is 0.414 e. The van der Waals surface area contributed by atoms with Crippen molar-refractivity contribution in [1.29, 1.82) is 0 Å². The molecule has 0 aliphatic carbocycles. The minimum Gasteiger partial charge on any atom is -0.481 e. The van der Waals surface area contributed by atoms with Crippen LogP contribution in [0.3, 0.4) is 0 Å². The summed E-state index contributed by atoms with van der Waals surface area (Å²) in [5.74, 6) is 1.22. The van der Waals surface area contributed by atoms with Crippen molar-refractivity contribution >= 4 is 28.4 Å². The predicted molar refractivity (Wildman–Crippen MR) is 114 cm³/mol. The van der Waals surface area contributed by atoms with Crippen LogP contribution < -0.4 is 9.47 Å². The molecule has 0 saturated carbocycles. The zero-order valence-corrected chi connectivity index (χ0v) is 16.8. The number of nitrogens with zero attached hydrogens (tertiary/aromatic N) is 1. The van der Waals surface area contributed by atoms with Gasteiger partial charge in [-0.05, 0) is 35.7 Å². The van der Waals surface area contributed by atoms with E-state index in [1.54, 1.807) is 41.7 Å². The van der Waals surface area contributed by atoms with Crippen LogP contribution in [-0.4, -0.2) is 24.6 Å². The summed E-state index contributed by atoms with van der Waals surface area (Å²) >= 11 is 1.63. The molecular weight excluding hydrogens is 386 g/mol. The molecule has 6 heteroatoms. The van der Waals surface area contributed by atoms with E-state index < -0.39 is 6.09 Å². The average molecular weight is 407 g/mol. The molecule has 2 aromatic heterocycles. The molecule has 148 valence electrons. The van der Waals surface area contributed by atoms with E-state index in [9.17, 15) is 4.79 Å². The second kappa shape index (κ2) is 8.84. The number of fused-ring (bicyclic) bond motifs is 1. The van der Waals surface area contributed by atoms with Crippen LogP contribution in [0.25, 0.3) is 11.0 Å². The molecule has 0 radical (unpaired) electrons. The molecule has 0 spiro atoms. The Labute approximate surface area is 173 Å². The Kier molecular flexibility index (Phi) is 5.81. The monoisotopic (exact) mass is 407 g/mol. The van der Waals surface area contributed by atoms with Crippen molar-refractivity contribution in [3.05, 3.63) is 83.3 Å². The third kappa shape index (κ3) is 4.60. The molecule has 1 atom stereocenters. The summed E-state index contributed by atoms with van der Waals surface area (Å²) < 4.78 is 17.3. The van der Waals surface area contributed by atoms with Crippen molar-refractivity contribution in [1.82, 2.24) is 4.90 Å². The number of carbonyl (C=O) groups excluding carboxylic acids is 1. The van der Waals surface area contributed by atoms with Gasteiger partial charge in [-0.15, -0.1) is 11.3 Å². The topological polar surface area (TPSA) is 51.9 Å². The third-order valence-electron chi connectivity index (χ3n) is 4.56. The van der Waals surface area contributed by atoms with E-state index in [2.05, 4.69) is 0 Å². The number of hydrogen-bond donors (Lipinski definition) is 0. The predicted octanol–water partition coefficient (Wildman–Crippen LogP) is 6.14. The summed E-state index contributed by atoms with van der Waals surface area (Å²) in [5.41, 5.74) is 0.728. The van der Waals surface area contributed by atoms with Gasteiger partial charge in [-0.2, -0.15) is 0 Å². The average Bonchev–Trinajstić information content (AvgIpc) is 3.43. The molecule has 0 bridgehead atoms. The van der Waals surface area contributed by atoms with Crippen molar-refractivity contribution < 1.29 is 18.7 Å². The Bertz CT molecular complexity index is 1060. The highest BCUT2D eigenvalue weighted by atomic mass is 32.1. The van der Waals surface area contributed by atoms with Crippen molar-refractivity contribution in [2.75, 3.05) is 13.6 Å². The fourth-order valence-electron chi connectivity index (χ4n) is 3.01. The molecule has 0 N–H and O–H groups in total. The summed E-state index contributed by atoms with van der Waals surface area (Å²) in [6, 6.07) is 20.8. The zero-order valence-electron chi connectivity index (χ0n) is 16.0. The third-order valence-corrected chi connectivity index (χ3v) is 5.52. The molecular formula is C23H21NO4S. The lowest BCUT2D eigenvalue weighted by Gasteiger charge is -2.22. The van der Waals surface area contributed by atoms with Crippen LogP contribution in [0.4, 0.5) is 4.79 Å². The smallest absolute Gasteiger partial charge is 0.414 e. The molecule has 4 rings (SSSR count). The normalized spacial score (nSPS) is 11.9. The molecule has 0 saturated heterocycles. The summed E-state index contributed by atoms with van der Waals surface area (Å²) in [5, 5.41) is 3.02. The van der Waals surface area contributed by atoms with Crippen LogP contribution in [0.1, 0.15) is 17.4 Å². The van der Waals surface area contributed by atoms with Crippen LogP contribution >= 0.6 is 11.3 Å². The largest absolute Gasteiger partial charge is 0.481 e. The molecule has 1 unspecified atom stereocenters. The number of rotatable bonds is 7. The van der Waals surface area contributed by atoms with Crippen LogP contribution in [-0.2, 0) is 0 Å². The van der Waals surface area contributed by atoms with Crippen molar-refractivity contribution in [2.45, 2.75) is 12.5 Å². The first-order valence-electron chi connectivity index (χ1n) is 9.35. The van der Waals surface area contributed by atoms with Crippen LogP contribution in [0.2, 0.25) is 0 Å². The molecule has 0 aliphatic rings. The highest BCUT2D eigenvalue weighted by molar-refractivity contribution is 7.10. The van der Waals surface area contributed by atoms with Crippen LogP contribution in [0.15, 0.2) is 82.8 Å². The quantitative estimate of drug-likeness (QED) is 0.369. The Morgan fingerprint density at radius 1 is 1.07 bits per heavy atom. The van der Waals surface area contributed by atoms with E-state index in [-0.39, 0.29) is 6.10 Å². The Morgan fingerprint density at radius 2 is 1.93 bits per heavy atom. The number of para-hydroxylation sites is 2. The molecule has 1 amide bonds. The van der Waals surface area contributed by atoms with Gasteiger partial charge >= 0.3 is 6.09 Å². The highest BCUT2D eigenvalue weighted by Gasteiger charge is 2.20. The number of carbonyl (C=O) groups is 1. The van der Waals surface area contributed by atoms with E-state index in [0.29, 0.717) is 24.5 Å². The number of benzene rings is 2. The van der Waals surface area contributed by atoms with Gasteiger partial charge in [-0.1, -0.05) is 36.4 Å². The lowest BCUT2D eigenvalue weighted by atomic mass is 10.2. The van der Waals surface area contributed by atoms with Gasteiger partial charge in [0.1, 0.15) is 11.9 Å². The Hall–Kier alpha value is -3.25. The molecule has 4 aromatic rings. The van der Waals surface area contributed by atoms with Gasteiger partial charge in [0.15, 0.2) is 11.3 Å². The Balaban J connectivity index is 1.44. The summed E-state index contributed by atoms with van der Waals surface area (Å²) in [6.07, 6.45) is 1.69. The minimum atomic E-state index is -0.394. The van der Waals surface area contributed by atoms with E-state index in [4.69, 9.17) is 13.9 Å². The van der Waals surface area contributed by atoms with Gasteiger partial charge in [0.25, 0.3) is 0 Å². The number of thiophene rings is 1. The van der Waals surface area contributed by atoms with Gasteiger partial charge < -0.3 is 18.8 Å². The second-order valence-corrected chi connectivity index (χ2v) is 7.59. The molecule has 0 aliphatic heterocycles. The Morgan fingerprint density at radius 3 is 2.72 bits per heavy atom. The number of ether oxygens (including phenoxy) is 2. The fraction of sp³-hybridized carbons (Fsp3) is 0.174. The van der Waals surface area contributed by atoms with Crippen molar-refractivity contribution in [3.63, 3.8) is 0 Å². The van der Waals surface area contributed by atoms with Gasteiger partial charge in [-0.3, -0.25) is 0 Å². The summed E-state index contributed by atoms with van der Waals surface area (Å²) in [6.45, 7) is 0.488. The standard InChI is InChI=1S/C23H21NO4S/c1-24(23(25)27-18-8-3-2-4-9-18)14-12-19(21-11-6-16-29-21)28-20-10-5-7-17-13-15-26-22(17)20/h2-11,13,15-16,19H,12,14H2,1H3. The van der Waals surface area contributed by atoms with Gasteiger partial charge in [-0.25, -0.2) is 4.79 Å². The number of furan rings is 1. The first-order chi connectivity index (χ1) is 14.2.